The summed E-state index contributed by atoms with van der Waals surface area (Å²) in [5, 5.41) is 0. The number of hydrogen-bond donors (Lipinski definition) is 1. The Morgan fingerprint density at radius 2 is 2.44 bits per heavy atom. The molecular formula is C13H18N4O. The molecule has 1 aliphatic heterocycles. The van der Waals surface area contributed by atoms with Gasteiger partial charge in [0, 0.05) is 26.0 Å². The molecule has 2 aromatic rings. The van der Waals surface area contributed by atoms with Crippen molar-refractivity contribution in [1.82, 2.24) is 14.5 Å². The van der Waals surface area contributed by atoms with Gasteiger partial charge in [-0.25, -0.2) is 9.97 Å². The molecule has 0 saturated carbocycles. The summed E-state index contributed by atoms with van der Waals surface area (Å²) in [7, 11) is 0. The molecule has 2 N–H and O–H groups in total. The Morgan fingerprint density at radius 1 is 1.56 bits per heavy atom. The summed E-state index contributed by atoms with van der Waals surface area (Å²) in [6, 6.07) is 2.02. The van der Waals surface area contributed by atoms with E-state index in [2.05, 4.69) is 9.97 Å². The molecule has 2 aromatic heterocycles. The number of hydrogen-bond acceptors (Lipinski definition) is 4. The normalized spacial score (nSPS) is 19.7. The van der Waals surface area contributed by atoms with Crippen LogP contribution in [0.15, 0.2) is 12.3 Å². The molecule has 0 aromatic carbocycles. The number of nitrogen functional groups attached to an aromatic ring is 1. The van der Waals surface area contributed by atoms with Crippen molar-refractivity contribution in [3.05, 3.63) is 17.8 Å². The first-order chi connectivity index (χ1) is 8.74. The highest BCUT2D eigenvalue weighted by atomic mass is 16.5. The fraction of sp³-hybridized carbons (Fsp3) is 0.538. The minimum atomic E-state index is 0.557. The monoisotopic (exact) mass is 246 g/mol. The van der Waals surface area contributed by atoms with E-state index in [1.165, 1.54) is 0 Å². The Morgan fingerprint density at radius 3 is 3.22 bits per heavy atom. The maximum Gasteiger partial charge on any atom is 0.202 e. The quantitative estimate of drug-likeness (QED) is 0.896. The van der Waals surface area contributed by atoms with E-state index < -0.39 is 0 Å². The van der Waals surface area contributed by atoms with Crippen LogP contribution in [0.4, 0.5) is 5.95 Å². The van der Waals surface area contributed by atoms with Gasteiger partial charge in [0.25, 0.3) is 0 Å². The Balaban J connectivity index is 1.84. The molecule has 1 saturated heterocycles. The number of rotatable bonds is 3. The summed E-state index contributed by atoms with van der Waals surface area (Å²) in [6.45, 7) is 4.64. The molecule has 3 heterocycles. The molecule has 0 radical (unpaired) electrons. The summed E-state index contributed by atoms with van der Waals surface area (Å²) in [4.78, 5) is 8.80. The summed E-state index contributed by atoms with van der Waals surface area (Å²) < 4.78 is 7.40. The van der Waals surface area contributed by atoms with Crippen LogP contribution < -0.4 is 5.73 Å². The number of aryl methyl sites for hydroxylation is 2. The van der Waals surface area contributed by atoms with E-state index >= 15 is 0 Å². The summed E-state index contributed by atoms with van der Waals surface area (Å²) in [5.41, 5.74) is 8.85. The van der Waals surface area contributed by atoms with Crippen LogP contribution in [-0.2, 0) is 11.3 Å². The zero-order valence-electron chi connectivity index (χ0n) is 10.6. The first-order valence-electron chi connectivity index (χ1n) is 6.40. The Bertz CT molecular complexity index is 557. The largest absolute Gasteiger partial charge is 0.381 e. The Hall–Kier alpha value is -1.62. The molecular weight excluding hydrogens is 228 g/mol. The fourth-order valence-corrected chi connectivity index (χ4v) is 2.47. The van der Waals surface area contributed by atoms with E-state index in [0.717, 1.165) is 49.3 Å². The van der Waals surface area contributed by atoms with Gasteiger partial charge in [-0.05, 0) is 37.3 Å². The van der Waals surface area contributed by atoms with Gasteiger partial charge in [-0.3, -0.25) is 4.57 Å². The van der Waals surface area contributed by atoms with E-state index in [-0.39, 0.29) is 0 Å². The first-order valence-corrected chi connectivity index (χ1v) is 6.40. The highest BCUT2D eigenvalue weighted by molar-refractivity contribution is 5.74. The lowest BCUT2D eigenvalue weighted by atomic mass is 10.1. The number of nitrogens with zero attached hydrogens (tertiary/aromatic N) is 3. The van der Waals surface area contributed by atoms with Crippen molar-refractivity contribution in [3.8, 4) is 0 Å². The van der Waals surface area contributed by atoms with Gasteiger partial charge in [-0.15, -0.1) is 0 Å². The SMILES string of the molecule is Cc1cnc2c(c1)nc(N)n2CCC1CCOC1. The second-order valence-electron chi connectivity index (χ2n) is 5.00. The van der Waals surface area contributed by atoms with Crippen LogP contribution in [-0.4, -0.2) is 27.7 Å². The third-order valence-electron chi connectivity index (χ3n) is 3.54. The van der Waals surface area contributed by atoms with Crippen molar-refractivity contribution in [2.45, 2.75) is 26.3 Å². The van der Waals surface area contributed by atoms with E-state index in [1.54, 1.807) is 0 Å². The second kappa shape index (κ2) is 4.57. The average Bonchev–Trinajstić information content (AvgIpc) is 2.93. The van der Waals surface area contributed by atoms with Crippen LogP contribution in [0.2, 0.25) is 0 Å². The Kier molecular flexibility index (Phi) is 2.91. The molecule has 1 fully saturated rings. The second-order valence-corrected chi connectivity index (χ2v) is 5.00. The number of pyridine rings is 1. The minimum Gasteiger partial charge on any atom is -0.381 e. The zero-order chi connectivity index (χ0) is 12.5. The Labute approximate surface area is 106 Å². The fourth-order valence-electron chi connectivity index (χ4n) is 2.47. The minimum absolute atomic E-state index is 0.557. The molecule has 0 bridgehead atoms. The van der Waals surface area contributed by atoms with Crippen molar-refractivity contribution in [1.29, 1.82) is 0 Å². The van der Waals surface area contributed by atoms with Gasteiger partial charge in [0.05, 0.1) is 0 Å². The van der Waals surface area contributed by atoms with Crippen molar-refractivity contribution in [3.63, 3.8) is 0 Å². The molecule has 0 spiro atoms. The van der Waals surface area contributed by atoms with Gasteiger partial charge in [-0.2, -0.15) is 0 Å². The van der Waals surface area contributed by atoms with Crippen LogP contribution in [0.1, 0.15) is 18.4 Å². The van der Waals surface area contributed by atoms with E-state index in [1.807, 2.05) is 23.8 Å². The van der Waals surface area contributed by atoms with E-state index in [0.29, 0.717) is 11.9 Å². The summed E-state index contributed by atoms with van der Waals surface area (Å²) in [6.07, 6.45) is 4.09. The third-order valence-corrected chi connectivity index (χ3v) is 3.54. The van der Waals surface area contributed by atoms with Crippen molar-refractivity contribution < 1.29 is 4.74 Å². The predicted octanol–water partition coefficient (Wildman–Crippen LogP) is 1.75. The zero-order valence-corrected chi connectivity index (χ0v) is 10.6. The maximum absolute atomic E-state index is 5.97. The van der Waals surface area contributed by atoms with E-state index in [4.69, 9.17) is 10.5 Å². The lowest BCUT2D eigenvalue weighted by molar-refractivity contribution is 0.183. The van der Waals surface area contributed by atoms with Crippen molar-refractivity contribution in [2.75, 3.05) is 18.9 Å². The lowest BCUT2D eigenvalue weighted by Gasteiger charge is -2.09. The number of fused-ring (bicyclic) bond motifs is 1. The average molecular weight is 246 g/mol. The van der Waals surface area contributed by atoms with Crippen LogP contribution in [0, 0.1) is 12.8 Å². The van der Waals surface area contributed by atoms with Crippen LogP contribution in [0.5, 0.6) is 0 Å². The lowest BCUT2D eigenvalue weighted by Crippen LogP contribution is -2.09. The van der Waals surface area contributed by atoms with Crippen LogP contribution in [0.25, 0.3) is 11.2 Å². The van der Waals surface area contributed by atoms with Gasteiger partial charge in [0.1, 0.15) is 5.52 Å². The number of anilines is 1. The van der Waals surface area contributed by atoms with Crippen LogP contribution >= 0.6 is 0 Å². The van der Waals surface area contributed by atoms with Gasteiger partial charge in [0.2, 0.25) is 5.95 Å². The van der Waals surface area contributed by atoms with Crippen LogP contribution in [0.3, 0.4) is 0 Å². The number of ether oxygens (including phenoxy) is 1. The molecule has 5 heteroatoms. The molecule has 5 nitrogen and oxygen atoms in total. The van der Waals surface area contributed by atoms with Gasteiger partial charge < -0.3 is 10.5 Å². The smallest absolute Gasteiger partial charge is 0.202 e. The topological polar surface area (TPSA) is 66.0 Å². The highest BCUT2D eigenvalue weighted by Gasteiger charge is 2.17. The molecule has 0 aliphatic carbocycles. The molecule has 1 unspecified atom stereocenters. The highest BCUT2D eigenvalue weighted by Crippen LogP contribution is 2.21. The summed E-state index contributed by atoms with van der Waals surface area (Å²) >= 11 is 0. The molecule has 3 rings (SSSR count). The first kappa shape index (κ1) is 11.5. The standard InChI is InChI=1S/C13H18N4O/c1-9-6-11-12(15-7-9)17(13(14)16-11)4-2-10-3-5-18-8-10/h6-7,10H,2-5,8H2,1H3,(H2,14,16). The van der Waals surface area contributed by atoms with Gasteiger partial charge in [0.15, 0.2) is 5.65 Å². The van der Waals surface area contributed by atoms with Crippen molar-refractivity contribution >= 4 is 17.1 Å². The van der Waals surface area contributed by atoms with Gasteiger partial charge in [-0.1, -0.05) is 0 Å². The predicted molar refractivity (Wildman–Crippen MR) is 70.2 cm³/mol. The van der Waals surface area contributed by atoms with E-state index in [9.17, 15) is 0 Å². The number of aromatic nitrogens is 3. The molecule has 1 aliphatic rings. The molecule has 1 atom stereocenters. The van der Waals surface area contributed by atoms with Crippen molar-refractivity contribution in [2.24, 2.45) is 5.92 Å². The molecule has 0 amide bonds. The number of nitrogens with two attached hydrogens (primary N) is 1. The molecule has 96 valence electrons. The summed E-state index contributed by atoms with van der Waals surface area (Å²) in [5.74, 6) is 1.20. The molecule has 18 heavy (non-hydrogen) atoms. The maximum atomic E-state index is 5.97. The number of imidazole rings is 1. The van der Waals surface area contributed by atoms with Gasteiger partial charge >= 0.3 is 0 Å². The third kappa shape index (κ3) is 2.06.